The van der Waals surface area contributed by atoms with Crippen LogP contribution < -0.4 is 10.6 Å². The summed E-state index contributed by atoms with van der Waals surface area (Å²) < 4.78 is 0. The summed E-state index contributed by atoms with van der Waals surface area (Å²) in [7, 11) is 3.20. The second-order valence-electron chi connectivity index (χ2n) is 5.07. The zero-order valence-electron chi connectivity index (χ0n) is 13.1. The molecule has 0 aromatic rings. The molecule has 7 heteroatoms. The maximum absolute atomic E-state index is 11.8. The zero-order chi connectivity index (χ0) is 16.3. The van der Waals surface area contributed by atoms with Crippen molar-refractivity contribution in [2.24, 2.45) is 5.92 Å². The molecule has 1 atom stereocenters. The molecule has 0 saturated heterocycles. The maximum atomic E-state index is 11.8. The number of aliphatic carboxylic acids is 1. The molecule has 122 valence electrons. The summed E-state index contributed by atoms with van der Waals surface area (Å²) in [6, 6.07) is -0.216. The molecule has 0 aromatic carbocycles. The van der Waals surface area contributed by atoms with E-state index in [9.17, 15) is 14.4 Å². The molecule has 3 N–H and O–H groups in total. The minimum Gasteiger partial charge on any atom is -0.481 e. The second kappa shape index (κ2) is 10.9. The fraction of sp³-hybridized carbons (Fsp3) is 0.786. The van der Waals surface area contributed by atoms with Crippen LogP contribution in [0.4, 0.5) is 4.79 Å². The SMILES string of the molecule is CCC(CCNC(=O)N(C)CCC(=O)NC)CCC(=O)O. The number of hydrogen-bond donors (Lipinski definition) is 3. The van der Waals surface area contributed by atoms with Gasteiger partial charge in [-0.15, -0.1) is 0 Å². The summed E-state index contributed by atoms with van der Waals surface area (Å²) in [6.45, 7) is 2.90. The average molecular weight is 301 g/mol. The van der Waals surface area contributed by atoms with Gasteiger partial charge in [0.15, 0.2) is 0 Å². The zero-order valence-corrected chi connectivity index (χ0v) is 13.1. The minimum atomic E-state index is -0.786. The summed E-state index contributed by atoms with van der Waals surface area (Å²) in [6.07, 6.45) is 2.73. The molecule has 0 radical (unpaired) electrons. The highest BCUT2D eigenvalue weighted by Gasteiger charge is 2.12. The number of nitrogens with zero attached hydrogens (tertiary/aromatic N) is 1. The first-order valence-electron chi connectivity index (χ1n) is 7.32. The Hall–Kier alpha value is -1.79. The lowest BCUT2D eigenvalue weighted by Gasteiger charge is -2.19. The normalized spacial score (nSPS) is 11.6. The van der Waals surface area contributed by atoms with Crippen LogP contribution in [0, 0.1) is 5.92 Å². The molecule has 0 aliphatic carbocycles. The third-order valence-corrected chi connectivity index (χ3v) is 3.47. The van der Waals surface area contributed by atoms with Crippen molar-refractivity contribution < 1.29 is 19.5 Å². The van der Waals surface area contributed by atoms with E-state index in [0.717, 1.165) is 12.8 Å². The highest BCUT2D eigenvalue weighted by Crippen LogP contribution is 2.14. The van der Waals surface area contributed by atoms with Crippen molar-refractivity contribution in [1.82, 2.24) is 15.5 Å². The van der Waals surface area contributed by atoms with Gasteiger partial charge in [-0.25, -0.2) is 4.79 Å². The number of carbonyl (C=O) groups is 3. The fourth-order valence-corrected chi connectivity index (χ4v) is 1.89. The Morgan fingerprint density at radius 1 is 1.19 bits per heavy atom. The van der Waals surface area contributed by atoms with Crippen molar-refractivity contribution in [3.63, 3.8) is 0 Å². The highest BCUT2D eigenvalue weighted by molar-refractivity contribution is 5.77. The molecule has 0 aromatic heterocycles. The van der Waals surface area contributed by atoms with Crippen LogP contribution in [0.5, 0.6) is 0 Å². The Morgan fingerprint density at radius 3 is 2.38 bits per heavy atom. The van der Waals surface area contributed by atoms with Gasteiger partial charge in [-0.2, -0.15) is 0 Å². The van der Waals surface area contributed by atoms with Crippen LogP contribution in [0.15, 0.2) is 0 Å². The molecule has 0 aliphatic heterocycles. The van der Waals surface area contributed by atoms with Gasteiger partial charge in [0.2, 0.25) is 5.91 Å². The number of amides is 3. The number of rotatable bonds is 10. The Balaban J connectivity index is 3.89. The van der Waals surface area contributed by atoms with E-state index in [-0.39, 0.29) is 24.8 Å². The summed E-state index contributed by atoms with van der Waals surface area (Å²) in [4.78, 5) is 34.9. The Labute approximate surface area is 126 Å². The van der Waals surface area contributed by atoms with E-state index in [4.69, 9.17) is 5.11 Å². The van der Waals surface area contributed by atoms with E-state index in [1.54, 1.807) is 14.1 Å². The van der Waals surface area contributed by atoms with Gasteiger partial charge in [-0.1, -0.05) is 13.3 Å². The first-order chi connectivity index (χ1) is 9.90. The van der Waals surface area contributed by atoms with E-state index in [2.05, 4.69) is 10.6 Å². The Bertz CT molecular complexity index is 347. The van der Waals surface area contributed by atoms with E-state index < -0.39 is 5.97 Å². The van der Waals surface area contributed by atoms with Gasteiger partial charge >= 0.3 is 12.0 Å². The summed E-state index contributed by atoms with van der Waals surface area (Å²) >= 11 is 0. The van der Waals surface area contributed by atoms with Gasteiger partial charge in [0, 0.05) is 40.0 Å². The topological polar surface area (TPSA) is 98.7 Å². The molecule has 0 spiro atoms. The van der Waals surface area contributed by atoms with Gasteiger partial charge in [-0.05, 0) is 18.8 Å². The number of carboxylic acid groups (broad SMARTS) is 1. The van der Waals surface area contributed by atoms with Crippen LogP contribution in [0.1, 0.15) is 39.0 Å². The molecule has 0 aliphatic rings. The second-order valence-corrected chi connectivity index (χ2v) is 5.07. The first-order valence-corrected chi connectivity index (χ1v) is 7.32. The Kier molecular flexibility index (Phi) is 10.0. The van der Waals surface area contributed by atoms with E-state index in [0.29, 0.717) is 25.4 Å². The molecule has 3 amide bonds. The van der Waals surface area contributed by atoms with Gasteiger partial charge in [0.1, 0.15) is 0 Å². The molecule has 21 heavy (non-hydrogen) atoms. The van der Waals surface area contributed by atoms with Gasteiger partial charge < -0.3 is 20.6 Å². The van der Waals surface area contributed by atoms with Crippen molar-refractivity contribution in [2.75, 3.05) is 27.2 Å². The Morgan fingerprint density at radius 2 is 1.86 bits per heavy atom. The van der Waals surface area contributed by atoms with Gasteiger partial charge in [0.25, 0.3) is 0 Å². The molecule has 0 heterocycles. The number of carboxylic acids is 1. The molecule has 0 bridgehead atoms. The monoisotopic (exact) mass is 301 g/mol. The first kappa shape index (κ1) is 19.2. The van der Waals surface area contributed by atoms with Crippen molar-refractivity contribution >= 4 is 17.9 Å². The number of nitrogens with one attached hydrogen (secondary N) is 2. The minimum absolute atomic E-state index is 0.102. The number of carbonyl (C=O) groups excluding carboxylic acids is 2. The van der Waals surface area contributed by atoms with Crippen LogP contribution in [-0.2, 0) is 9.59 Å². The molecular weight excluding hydrogens is 274 g/mol. The highest BCUT2D eigenvalue weighted by atomic mass is 16.4. The lowest BCUT2D eigenvalue weighted by atomic mass is 9.97. The quantitative estimate of drug-likeness (QED) is 0.561. The van der Waals surface area contributed by atoms with Crippen LogP contribution in [-0.4, -0.2) is 55.1 Å². The molecule has 0 saturated carbocycles. The summed E-state index contributed by atoms with van der Waals surface area (Å²) in [5.41, 5.74) is 0. The van der Waals surface area contributed by atoms with Crippen LogP contribution >= 0.6 is 0 Å². The number of hydrogen-bond acceptors (Lipinski definition) is 3. The van der Waals surface area contributed by atoms with Crippen molar-refractivity contribution in [2.45, 2.75) is 39.0 Å². The van der Waals surface area contributed by atoms with E-state index >= 15 is 0 Å². The smallest absolute Gasteiger partial charge is 0.317 e. The fourth-order valence-electron chi connectivity index (χ4n) is 1.89. The lowest BCUT2D eigenvalue weighted by molar-refractivity contribution is -0.137. The average Bonchev–Trinajstić information content (AvgIpc) is 2.47. The van der Waals surface area contributed by atoms with Crippen LogP contribution in [0.25, 0.3) is 0 Å². The third-order valence-electron chi connectivity index (χ3n) is 3.47. The van der Waals surface area contributed by atoms with Crippen molar-refractivity contribution in [3.05, 3.63) is 0 Å². The predicted octanol–water partition coefficient (Wildman–Crippen LogP) is 1.05. The van der Waals surface area contributed by atoms with E-state index in [1.165, 1.54) is 4.90 Å². The van der Waals surface area contributed by atoms with Crippen molar-refractivity contribution in [1.29, 1.82) is 0 Å². The third kappa shape index (κ3) is 9.70. The number of urea groups is 1. The van der Waals surface area contributed by atoms with E-state index in [1.807, 2.05) is 6.92 Å². The summed E-state index contributed by atoms with van der Waals surface area (Å²) in [5, 5.41) is 13.9. The maximum Gasteiger partial charge on any atom is 0.317 e. The molecule has 0 fully saturated rings. The predicted molar refractivity (Wildman–Crippen MR) is 80.0 cm³/mol. The molecular formula is C14H27N3O4. The molecule has 7 nitrogen and oxygen atoms in total. The van der Waals surface area contributed by atoms with Gasteiger partial charge in [0.05, 0.1) is 0 Å². The van der Waals surface area contributed by atoms with Crippen LogP contribution in [0.3, 0.4) is 0 Å². The lowest BCUT2D eigenvalue weighted by Crippen LogP contribution is -2.39. The van der Waals surface area contributed by atoms with Crippen molar-refractivity contribution in [3.8, 4) is 0 Å². The van der Waals surface area contributed by atoms with Gasteiger partial charge in [-0.3, -0.25) is 9.59 Å². The summed E-state index contributed by atoms with van der Waals surface area (Å²) in [5.74, 6) is -0.585. The standard InChI is InChI=1S/C14H27N3O4/c1-4-11(5-6-13(19)20)7-9-16-14(21)17(3)10-8-12(18)15-2/h11H,4-10H2,1-3H3,(H,15,18)(H,16,21)(H,19,20). The molecule has 1 unspecified atom stereocenters. The molecule has 0 rings (SSSR count). The van der Waals surface area contributed by atoms with Crippen LogP contribution in [0.2, 0.25) is 0 Å². The largest absolute Gasteiger partial charge is 0.481 e.